The van der Waals surface area contributed by atoms with Crippen LogP contribution in [0.5, 0.6) is 5.75 Å². The molecule has 0 aliphatic heterocycles. The maximum absolute atomic E-state index is 11.8. The van der Waals surface area contributed by atoms with E-state index in [-0.39, 0.29) is 5.91 Å². The van der Waals surface area contributed by atoms with E-state index in [1.165, 1.54) is 0 Å². The normalized spacial score (nSPS) is 11.0. The first-order chi connectivity index (χ1) is 11.5. The fourth-order valence-electron chi connectivity index (χ4n) is 2.08. The van der Waals surface area contributed by atoms with Crippen LogP contribution in [-0.4, -0.2) is 38.0 Å². The van der Waals surface area contributed by atoms with Gasteiger partial charge in [0.15, 0.2) is 5.96 Å². The molecule has 2 aromatic rings. The maximum Gasteiger partial charge on any atom is 0.253 e. The summed E-state index contributed by atoms with van der Waals surface area (Å²) in [6.07, 6.45) is 0. The van der Waals surface area contributed by atoms with E-state index in [0.29, 0.717) is 18.1 Å². The number of hydrogen-bond donors (Lipinski definition) is 2. The number of guanidine groups is 1. The van der Waals surface area contributed by atoms with E-state index >= 15 is 0 Å². The van der Waals surface area contributed by atoms with Gasteiger partial charge in [-0.25, -0.2) is 4.99 Å². The summed E-state index contributed by atoms with van der Waals surface area (Å²) in [7, 11) is 5.07. The molecule has 0 saturated carbocycles. The first kappa shape index (κ1) is 17.3. The van der Waals surface area contributed by atoms with Gasteiger partial charge in [0.05, 0.1) is 13.7 Å². The molecule has 0 spiro atoms. The highest BCUT2D eigenvalue weighted by atomic mass is 16.5. The van der Waals surface area contributed by atoms with Crippen LogP contribution in [0.1, 0.15) is 15.9 Å². The Hall–Kier alpha value is -3.02. The zero-order valence-corrected chi connectivity index (χ0v) is 14.1. The molecule has 0 saturated heterocycles. The van der Waals surface area contributed by atoms with Gasteiger partial charge < -0.3 is 20.7 Å². The Bertz CT molecular complexity index is 724. The van der Waals surface area contributed by atoms with Crippen LogP contribution in [0.3, 0.4) is 0 Å². The number of nitrogens with one attached hydrogen (secondary N) is 1. The smallest absolute Gasteiger partial charge is 0.253 e. The molecule has 0 aliphatic rings. The SMILES string of the molecule is COc1cccc(NC(N)=NCc2ccc(C(=O)N(C)C)cc2)c1. The number of benzene rings is 2. The summed E-state index contributed by atoms with van der Waals surface area (Å²) in [5.74, 6) is 1.04. The fourth-order valence-corrected chi connectivity index (χ4v) is 2.08. The molecule has 0 atom stereocenters. The Balaban J connectivity index is 1.98. The van der Waals surface area contributed by atoms with Crippen molar-refractivity contribution in [3.05, 3.63) is 59.7 Å². The average Bonchev–Trinajstić information content (AvgIpc) is 2.60. The molecular weight excluding hydrogens is 304 g/mol. The third-order valence-electron chi connectivity index (χ3n) is 3.38. The Morgan fingerprint density at radius 3 is 2.54 bits per heavy atom. The van der Waals surface area contributed by atoms with Gasteiger partial charge in [-0.2, -0.15) is 0 Å². The molecule has 1 amide bonds. The molecule has 126 valence electrons. The first-order valence-electron chi connectivity index (χ1n) is 7.51. The third-order valence-corrected chi connectivity index (χ3v) is 3.38. The molecule has 3 N–H and O–H groups in total. The number of aliphatic imine (C=N–C) groups is 1. The van der Waals surface area contributed by atoms with E-state index in [9.17, 15) is 4.79 Å². The van der Waals surface area contributed by atoms with E-state index < -0.39 is 0 Å². The highest BCUT2D eigenvalue weighted by Gasteiger charge is 2.06. The topological polar surface area (TPSA) is 80.0 Å². The Kier molecular flexibility index (Phi) is 5.78. The van der Waals surface area contributed by atoms with Gasteiger partial charge in [-0.15, -0.1) is 0 Å². The van der Waals surface area contributed by atoms with Crippen molar-refractivity contribution in [3.63, 3.8) is 0 Å². The number of carbonyl (C=O) groups is 1. The van der Waals surface area contributed by atoms with Crippen molar-refractivity contribution >= 4 is 17.6 Å². The summed E-state index contributed by atoms with van der Waals surface area (Å²) < 4.78 is 5.16. The molecule has 0 heterocycles. The maximum atomic E-state index is 11.8. The molecular formula is C18H22N4O2. The molecule has 0 fully saturated rings. The second-order valence-corrected chi connectivity index (χ2v) is 5.45. The summed E-state index contributed by atoms with van der Waals surface area (Å²) in [5, 5.41) is 3.02. The number of methoxy groups -OCH3 is 1. The number of nitrogens with zero attached hydrogens (tertiary/aromatic N) is 2. The summed E-state index contributed by atoms with van der Waals surface area (Å²) in [4.78, 5) is 17.7. The molecule has 0 aromatic heterocycles. The lowest BCUT2D eigenvalue weighted by molar-refractivity contribution is 0.0827. The Morgan fingerprint density at radius 2 is 1.92 bits per heavy atom. The summed E-state index contributed by atoms with van der Waals surface area (Å²) in [6, 6.07) is 14.8. The van der Waals surface area contributed by atoms with Gasteiger partial charge in [0.2, 0.25) is 0 Å². The molecule has 0 unspecified atom stereocenters. The van der Waals surface area contributed by atoms with Crippen molar-refractivity contribution in [3.8, 4) is 5.75 Å². The van der Waals surface area contributed by atoms with Crippen molar-refractivity contribution in [2.45, 2.75) is 6.54 Å². The number of anilines is 1. The fraction of sp³-hybridized carbons (Fsp3) is 0.222. The molecule has 0 bridgehead atoms. The quantitative estimate of drug-likeness (QED) is 0.653. The van der Waals surface area contributed by atoms with E-state index in [1.807, 2.05) is 36.4 Å². The van der Waals surface area contributed by atoms with Crippen LogP contribution >= 0.6 is 0 Å². The van der Waals surface area contributed by atoms with Crippen molar-refractivity contribution in [1.29, 1.82) is 0 Å². The second kappa shape index (κ2) is 8.01. The largest absolute Gasteiger partial charge is 0.497 e. The van der Waals surface area contributed by atoms with Gasteiger partial charge in [-0.05, 0) is 29.8 Å². The predicted molar refractivity (Wildman–Crippen MR) is 96.4 cm³/mol. The zero-order chi connectivity index (χ0) is 17.5. The first-order valence-corrected chi connectivity index (χ1v) is 7.51. The predicted octanol–water partition coefficient (Wildman–Crippen LogP) is 2.32. The van der Waals surface area contributed by atoms with Gasteiger partial charge in [-0.3, -0.25) is 4.79 Å². The highest BCUT2D eigenvalue weighted by Crippen LogP contribution is 2.16. The van der Waals surface area contributed by atoms with E-state index in [2.05, 4.69) is 10.3 Å². The van der Waals surface area contributed by atoms with Crippen molar-refractivity contribution in [1.82, 2.24) is 4.90 Å². The number of hydrogen-bond acceptors (Lipinski definition) is 3. The number of ether oxygens (including phenoxy) is 1. The Labute approximate surface area is 141 Å². The molecule has 24 heavy (non-hydrogen) atoms. The van der Waals surface area contributed by atoms with Crippen molar-refractivity contribution < 1.29 is 9.53 Å². The van der Waals surface area contributed by atoms with Gasteiger partial charge in [-0.1, -0.05) is 18.2 Å². The zero-order valence-electron chi connectivity index (χ0n) is 14.1. The van der Waals surface area contributed by atoms with E-state index in [4.69, 9.17) is 10.5 Å². The average molecular weight is 326 g/mol. The standard InChI is InChI=1S/C18H22N4O2/c1-22(2)17(23)14-9-7-13(8-10-14)12-20-18(19)21-15-5-4-6-16(11-15)24-3/h4-11H,12H2,1-3H3,(H3,19,20,21). The van der Waals surface area contributed by atoms with Crippen LogP contribution < -0.4 is 15.8 Å². The minimum absolute atomic E-state index is 0.0238. The molecule has 6 heteroatoms. The van der Waals surface area contributed by atoms with E-state index in [0.717, 1.165) is 17.0 Å². The van der Waals surface area contributed by atoms with Crippen molar-refractivity contribution in [2.24, 2.45) is 10.7 Å². The van der Waals surface area contributed by atoms with Crippen LogP contribution in [0, 0.1) is 0 Å². The third kappa shape index (κ3) is 4.74. The lowest BCUT2D eigenvalue weighted by atomic mass is 10.1. The number of carbonyl (C=O) groups excluding carboxylic acids is 1. The van der Waals surface area contributed by atoms with Gasteiger partial charge >= 0.3 is 0 Å². The second-order valence-electron chi connectivity index (χ2n) is 5.45. The van der Waals surface area contributed by atoms with Crippen LogP contribution in [0.25, 0.3) is 0 Å². The van der Waals surface area contributed by atoms with Crippen LogP contribution in [0.2, 0.25) is 0 Å². The van der Waals surface area contributed by atoms with Gasteiger partial charge in [0, 0.05) is 31.4 Å². The lowest BCUT2D eigenvalue weighted by Gasteiger charge is -2.10. The summed E-state index contributed by atoms with van der Waals surface area (Å²) in [6.45, 7) is 0.430. The van der Waals surface area contributed by atoms with Crippen molar-refractivity contribution in [2.75, 3.05) is 26.5 Å². The molecule has 0 aliphatic carbocycles. The highest BCUT2D eigenvalue weighted by molar-refractivity contribution is 5.94. The minimum Gasteiger partial charge on any atom is -0.497 e. The van der Waals surface area contributed by atoms with Gasteiger partial charge in [0.1, 0.15) is 5.75 Å². The van der Waals surface area contributed by atoms with Crippen LogP contribution in [0.15, 0.2) is 53.5 Å². The molecule has 0 radical (unpaired) electrons. The number of amides is 1. The Morgan fingerprint density at radius 1 is 1.21 bits per heavy atom. The lowest BCUT2D eigenvalue weighted by Crippen LogP contribution is -2.22. The monoisotopic (exact) mass is 326 g/mol. The van der Waals surface area contributed by atoms with Crippen LogP contribution in [-0.2, 0) is 6.54 Å². The molecule has 2 aromatic carbocycles. The molecule has 2 rings (SSSR count). The number of nitrogens with two attached hydrogens (primary N) is 1. The van der Waals surface area contributed by atoms with Crippen LogP contribution in [0.4, 0.5) is 5.69 Å². The number of rotatable bonds is 5. The van der Waals surface area contributed by atoms with E-state index in [1.54, 1.807) is 38.2 Å². The summed E-state index contributed by atoms with van der Waals surface area (Å²) >= 11 is 0. The minimum atomic E-state index is -0.0238. The molecule has 6 nitrogen and oxygen atoms in total. The van der Waals surface area contributed by atoms with Gasteiger partial charge in [0.25, 0.3) is 5.91 Å². The summed E-state index contributed by atoms with van der Waals surface area (Å²) in [5.41, 5.74) is 8.33.